The number of rotatable bonds is 5. The molecule has 20 heavy (non-hydrogen) atoms. The van der Waals surface area contributed by atoms with Crippen molar-refractivity contribution >= 4 is 33.2 Å². The molecule has 0 saturated carbocycles. The van der Waals surface area contributed by atoms with Crippen LogP contribution in [0.4, 0.5) is 5.69 Å². The van der Waals surface area contributed by atoms with Crippen molar-refractivity contribution in [3.8, 4) is 11.5 Å². The number of halogens is 2. The second-order valence-electron chi connectivity index (χ2n) is 4.16. The molecular formula is C15H15BrClNO2. The molecule has 0 radical (unpaired) electrons. The summed E-state index contributed by atoms with van der Waals surface area (Å²) < 4.78 is 11.5. The Kier molecular flexibility index (Phi) is 5.15. The molecule has 0 aliphatic heterocycles. The number of benzene rings is 2. The van der Waals surface area contributed by atoms with Crippen molar-refractivity contribution in [1.29, 1.82) is 0 Å². The lowest BCUT2D eigenvalue weighted by Crippen LogP contribution is -2.01. The Hall–Kier alpha value is -1.39. The van der Waals surface area contributed by atoms with Crippen molar-refractivity contribution in [2.45, 2.75) is 6.54 Å². The quantitative estimate of drug-likeness (QED) is 0.840. The second-order valence-corrected chi connectivity index (χ2v) is 5.45. The Bertz CT molecular complexity index is 604. The molecule has 0 saturated heterocycles. The fourth-order valence-electron chi connectivity index (χ4n) is 1.82. The minimum Gasteiger partial charge on any atom is -0.493 e. The molecule has 3 nitrogen and oxygen atoms in total. The summed E-state index contributed by atoms with van der Waals surface area (Å²) >= 11 is 9.51. The van der Waals surface area contributed by atoms with Crippen molar-refractivity contribution in [1.82, 2.24) is 0 Å². The van der Waals surface area contributed by atoms with Crippen molar-refractivity contribution in [2.75, 3.05) is 19.5 Å². The predicted molar refractivity (Wildman–Crippen MR) is 86.0 cm³/mol. The van der Waals surface area contributed by atoms with E-state index >= 15 is 0 Å². The summed E-state index contributed by atoms with van der Waals surface area (Å²) in [6.07, 6.45) is 0. The van der Waals surface area contributed by atoms with Crippen LogP contribution in [0.2, 0.25) is 5.02 Å². The molecule has 0 heterocycles. The number of ether oxygens (including phenoxy) is 2. The molecule has 0 aliphatic carbocycles. The van der Waals surface area contributed by atoms with Crippen LogP contribution in [0, 0.1) is 0 Å². The third kappa shape index (κ3) is 3.58. The first-order chi connectivity index (χ1) is 9.63. The van der Waals surface area contributed by atoms with Gasteiger partial charge in [-0.3, -0.25) is 0 Å². The third-order valence-corrected chi connectivity index (χ3v) is 3.88. The van der Waals surface area contributed by atoms with Gasteiger partial charge in [0.05, 0.1) is 14.2 Å². The number of hydrogen-bond donors (Lipinski definition) is 1. The van der Waals surface area contributed by atoms with Gasteiger partial charge in [-0.25, -0.2) is 0 Å². The van der Waals surface area contributed by atoms with Gasteiger partial charge in [0.15, 0.2) is 11.5 Å². The zero-order valence-corrected chi connectivity index (χ0v) is 13.6. The Morgan fingerprint density at radius 3 is 2.50 bits per heavy atom. The van der Waals surface area contributed by atoms with E-state index in [-0.39, 0.29) is 0 Å². The van der Waals surface area contributed by atoms with Gasteiger partial charge >= 0.3 is 0 Å². The van der Waals surface area contributed by atoms with Crippen LogP contribution in [0.25, 0.3) is 0 Å². The van der Waals surface area contributed by atoms with E-state index in [0.29, 0.717) is 18.0 Å². The standard InChI is InChI=1S/C15H15BrClNO2/c1-19-14-6-4-12(8-15(14)20-2)18-9-10-7-11(17)3-5-13(10)16/h3-8,18H,9H2,1-2H3. The molecule has 106 valence electrons. The second kappa shape index (κ2) is 6.86. The molecule has 0 unspecified atom stereocenters. The van der Waals surface area contributed by atoms with E-state index in [1.54, 1.807) is 14.2 Å². The number of nitrogens with one attached hydrogen (secondary N) is 1. The van der Waals surface area contributed by atoms with Gasteiger partial charge < -0.3 is 14.8 Å². The minimum absolute atomic E-state index is 0.663. The van der Waals surface area contributed by atoms with Gasteiger partial charge in [-0.15, -0.1) is 0 Å². The highest BCUT2D eigenvalue weighted by Gasteiger charge is 2.05. The van der Waals surface area contributed by atoms with E-state index in [1.165, 1.54) is 0 Å². The molecule has 2 aromatic carbocycles. The molecular weight excluding hydrogens is 342 g/mol. The maximum Gasteiger partial charge on any atom is 0.162 e. The van der Waals surface area contributed by atoms with Crippen LogP contribution < -0.4 is 14.8 Å². The lowest BCUT2D eigenvalue weighted by atomic mass is 10.2. The lowest BCUT2D eigenvalue weighted by molar-refractivity contribution is 0.355. The molecule has 1 N–H and O–H groups in total. The van der Waals surface area contributed by atoms with E-state index in [0.717, 1.165) is 20.7 Å². The third-order valence-electron chi connectivity index (χ3n) is 2.87. The van der Waals surface area contributed by atoms with Gasteiger partial charge in [-0.2, -0.15) is 0 Å². The highest BCUT2D eigenvalue weighted by atomic mass is 79.9. The van der Waals surface area contributed by atoms with Crippen LogP contribution in [-0.4, -0.2) is 14.2 Å². The SMILES string of the molecule is COc1ccc(NCc2cc(Cl)ccc2Br)cc1OC. The molecule has 0 aromatic heterocycles. The fraction of sp³-hybridized carbons (Fsp3) is 0.200. The molecule has 0 fully saturated rings. The summed E-state index contributed by atoms with van der Waals surface area (Å²) in [6, 6.07) is 11.4. The number of hydrogen-bond acceptors (Lipinski definition) is 3. The Balaban J connectivity index is 2.12. The van der Waals surface area contributed by atoms with Crippen LogP contribution in [0.15, 0.2) is 40.9 Å². The summed E-state index contributed by atoms with van der Waals surface area (Å²) in [4.78, 5) is 0. The van der Waals surface area contributed by atoms with Crippen molar-refractivity contribution in [3.05, 3.63) is 51.5 Å². The maximum absolute atomic E-state index is 6.00. The lowest BCUT2D eigenvalue weighted by Gasteiger charge is -2.12. The van der Waals surface area contributed by atoms with Crippen LogP contribution in [0.3, 0.4) is 0 Å². The smallest absolute Gasteiger partial charge is 0.162 e. The van der Waals surface area contributed by atoms with Crippen LogP contribution in [0.1, 0.15) is 5.56 Å². The van der Waals surface area contributed by atoms with E-state index in [9.17, 15) is 0 Å². The largest absolute Gasteiger partial charge is 0.493 e. The van der Waals surface area contributed by atoms with Gasteiger partial charge in [0.25, 0.3) is 0 Å². The highest BCUT2D eigenvalue weighted by molar-refractivity contribution is 9.10. The topological polar surface area (TPSA) is 30.5 Å². The van der Waals surface area contributed by atoms with Gasteiger partial charge in [0.2, 0.25) is 0 Å². The zero-order chi connectivity index (χ0) is 14.5. The molecule has 2 aromatic rings. The Morgan fingerprint density at radius 1 is 1.05 bits per heavy atom. The van der Waals surface area contributed by atoms with Crippen LogP contribution in [0.5, 0.6) is 11.5 Å². The van der Waals surface area contributed by atoms with Gasteiger partial charge in [0, 0.05) is 27.8 Å². The zero-order valence-electron chi connectivity index (χ0n) is 11.2. The van der Waals surface area contributed by atoms with E-state index < -0.39 is 0 Å². The minimum atomic E-state index is 0.663. The van der Waals surface area contributed by atoms with E-state index in [1.807, 2.05) is 36.4 Å². The molecule has 0 bridgehead atoms. The van der Waals surface area contributed by atoms with Gasteiger partial charge in [-0.1, -0.05) is 27.5 Å². The van der Waals surface area contributed by atoms with Crippen molar-refractivity contribution in [2.24, 2.45) is 0 Å². The first kappa shape index (κ1) is 15.0. The summed E-state index contributed by atoms with van der Waals surface area (Å²) in [5.74, 6) is 1.41. The summed E-state index contributed by atoms with van der Waals surface area (Å²) in [5, 5.41) is 4.05. The molecule has 0 atom stereocenters. The molecule has 0 spiro atoms. The monoisotopic (exact) mass is 355 g/mol. The molecule has 2 rings (SSSR count). The fourth-order valence-corrected chi connectivity index (χ4v) is 2.40. The molecule has 0 aliphatic rings. The van der Waals surface area contributed by atoms with E-state index in [4.69, 9.17) is 21.1 Å². The predicted octanol–water partition coefficient (Wildman–Crippen LogP) is 4.73. The van der Waals surface area contributed by atoms with Gasteiger partial charge in [-0.05, 0) is 35.9 Å². The summed E-state index contributed by atoms with van der Waals surface area (Å²) in [7, 11) is 3.24. The molecule has 5 heteroatoms. The number of anilines is 1. The van der Waals surface area contributed by atoms with Crippen LogP contribution in [-0.2, 0) is 6.54 Å². The average Bonchev–Trinajstić information content (AvgIpc) is 2.47. The molecule has 0 amide bonds. The van der Waals surface area contributed by atoms with Gasteiger partial charge in [0.1, 0.15) is 0 Å². The normalized spacial score (nSPS) is 10.2. The Labute approximate surface area is 132 Å². The summed E-state index contributed by atoms with van der Waals surface area (Å²) in [6.45, 7) is 0.663. The van der Waals surface area contributed by atoms with Crippen molar-refractivity contribution in [3.63, 3.8) is 0 Å². The van der Waals surface area contributed by atoms with E-state index in [2.05, 4.69) is 21.2 Å². The van der Waals surface area contributed by atoms with Crippen LogP contribution >= 0.6 is 27.5 Å². The number of methoxy groups -OCH3 is 2. The highest BCUT2D eigenvalue weighted by Crippen LogP contribution is 2.30. The first-order valence-electron chi connectivity index (χ1n) is 6.04. The summed E-state index contributed by atoms with van der Waals surface area (Å²) in [5.41, 5.74) is 2.04. The average molecular weight is 357 g/mol. The maximum atomic E-state index is 6.00. The Morgan fingerprint density at radius 2 is 1.80 bits per heavy atom. The first-order valence-corrected chi connectivity index (χ1v) is 7.21. The van der Waals surface area contributed by atoms with Crippen molar-refractivity contribution < 1.29 is 9.47 Å².